The second-order valence-corrected chi connectivity index (χ2v) is 8.58. The molecule has 0 bridgehead atoms. The Morgan fingerprint density at radius 1 is 1.13 bits per heavy atom. The molecule has 0 unspecified atom stereocenters. The number of benzene rings is 2. The fourth-order valence-corrected chi connectivity index (χ4v) is 3.55. The molecule has 5 nitrogen and oxygen atoms in total. The van der Waals surface area contributed by atoms with E-state index in [1.807, 2.05) is 49.4 Å². The molecule has 0 fully saturated rings. The molecule has 0 radical (unpaired) electrons. The first kappa shape index (κ1) is 24.5. The molecule has 0 aromatic heterocycles. The maximum absolute atomic E-state index is 13.1. The Labute approximate surface area is 197 Å². The predicted molar refractivity (Wildman–Crippen MR) is 129 cm³/mol. The first-order valence-electron chi connectivity index (χ1n) is 10.1. The quantitative estimate of drug-likeness (QED) is 0.319. The van der Waals surface area contributed by atoms with E-state index in [2.05, 4.69) is 34.8 Å². The van der Waals surface area contributed by atoms with Crippen LogP contribution in [0.1, 0.15) is 38.7 Å². The van der Waals surface area contributed by atoms with Crippen molar-refractivity contribution in [1.29, 1.82) is 0 Å². The molecule has 0 aliphatic carbocycles. The van der Waals surface area contributed by atoms with Crippen LogP contribution in [0, 0.1) is 3.57 Å². The molecular weight excluding hydrogens is 515 g/mol. The van der Waals surface area contributed by atoms with Crippen LogP contribution in [0.4, 0.5) is 0 Å². The second kappa shape index (κ2) is 12.8. The molecule has 30 heavy (non-hydrogen) atoms. The predicted octanol–water partition coefficient (Wildman–Crippen LogP) is 5.05. The van der Waals surface area contributed by atoms with Crippen molar-refractivity contribution in [2.24, 2.45) is 0 Å². The second-order valence-electron chi connectivity index (χ2n) is 6.92. The van der Waals surface area contributed by atoms with Crippen molar-refractivity contribution in [3.8, 4) is 5.75 Å². The van der Waals surface area contributed by atoms with E-state index in [1.54, 1.807) is 11.0 Å². The summed E-state index contributed by atoms with van der Waals surface area (Å²) in [7, 11) is 0. The van der Waals surface area contributed by atoms with Crippen LogP contribution in [0.5, 0.6) is 5.75 Å². The van der Waals surface area contributed by atoms with Crippen LogP contribution >= 0.6 is 34.2 Å². The van der Waals surface area contributed by atoms with Gasteiger partial charge in [-0.25, -0.2) is 0 Å². The minimum absolute atomic E-state index is 0.149. The first-order valence-corrected chi connectivity index (χ1v) is 11.6. The maximum atomic E-state index is 13.1. The fourth-order valence-electron chi connectivity index (χ4n) is 2.99. The molecule has 2 rings (SSSR count). The summed E-state index contributed by atoms with van der Waals surface area (Å²) in [5, 5.41) is 3.51. The van der Waals surface area contributed by atoms with E-state index in [4.69, 9.17) is 16.3 Å². The highest BCUT2D eigenvalue weighted by molar-refractivity contribution is 14.1. The number of ether oxygens (including phenoxy) is 1. The summed E-state index contributed by atoms with van der Waals surface area (Å²) in [5.41, 5.74) is 0.793. The highest BCUT2D eigenvalue weighted by Crippen LogP contribution is 2.20. The van der Waals surface area contributed by atoms with E-state index < -0.39 is 6.04 Å². The van der Waals surface area contributed by atoms with Gasteiger partial charge in [-0.15, -0.1) is 0 Å². The molecule has 2 aromatic rings. The highest BCUT2D eigenvalue weighted by atomic mass is 127. The van der Waals surface area contributed by atoms with E-state index in [0.29, 0.717) is 23.7 Å². The zero-order valence-electron chi connectivity index (χ0n) is 17.4. The van der Waals surface area contributed by atoms with Crippen molar-refractivity contribution in [2.45, 2.75) is 45.7 Å². The molecule has 0 saturated carbocycles. The summed E-state index contributed by atoms with van der Waals surface area (Å²) in [5.74, 6) is 0.202. The monoisotopic (exact) mass is 542 g/mol. The van der Waals surface area contributed by atoms with Crippen LogP contribution in [-0.2, 0) is 16.1 Å². The Hall–Kier alpha value is -1.80. The van der Waals surface area contributed by atoms with Gasteiger partial charge in [-0.2, -0.15) is 0 Å². The topological polar surface area (TPSA) is 58.6 Å². The summed E-state index contributed by atoms with van der Waals surface area (Å²) in [6.07, 6.45) is 2.39. The van der Waals surface area contributed by atoms with Gasteiger partial charge >= 0.3 is 0 Å². The molecule has 162 valence electrons. The molecular formula is C23H28ClIN2O3. The number of unbranched alkanes of at least 4 members (excludes halogenated alkanes) is 1. The van der Waals surface area contributed by atoms with Crippen molar-refractivity contribution in [2.75, 3.05) is 13.2 Å². The SMILES string of the molecule is CCCCNC(=O)[C@H](CC)N(Cc1ccccc1Cl)C(=O)COc1ccc(I)cc1. The standard InChI is InChI=1S/C23H28ClIN2O3/c1-3-5-14-26-23(29)21(4-2)27(15-17-8-6-7-9-20(17)24)22(28)16-30-19-12-10-18(25)11-13-19/h6-13,21H,3-5,14-16H2,1-2H3,(H,26,29)/t21-/m0/s1. The summed E-state index contributed by atoms with van der Waals surface area (Å²) in [6, 6.07) is 14.2. The van der Waals surface area contributed by atoms with Crippen LogP contribution in [-0.4, -0.2) is 35.9 Å². The van der Waals surface area contributed by atoms with Crippen molar-refractivity contribution in [3.63, 3.8) is 0 Å². The number of carbonyl (C=O) groups excluding carboxylic acids is 2. The summed E-state index contributed by atoms with van der Waals surface area (Å²) >= 11 is 8.53. The number of nitrogens with zero attached hydrogens (tertiary/aromatic N) is 1. The number of nitrogens with one attached hydrogen (secondary N) is 1. The highest BCUT2D eigenvalue weighted by Gasteiger charge is 2.29. The summed E-state index contributed by atoms with van der Waals surface area (Å²) in [4.78, 5) is 27.5. The van der Waals surface area contributed by atoms with E-state index in [0.717, 1.165) is 22.0 Å². The zero-order valence-corrected chi connectivity index (χ0v) is 20.3. The third-order valence-corrected chi connectivity index (χ3v) is 5.78. The van der Waals surface area contributed by atoms with Gasteiger partial charge in [0.2, 0.25) is 5.91 Å². The largest absolute Gasteiger partial charge is 0.484 e. The van der Waals surface area contributed by atoms with Crippen LogP contribution < -0.4 is 10.1 Å². The molecule has 0 aliphatic heterocycles. The van der Waals surface area contributed by atoms with E-state index in [9.17, 15) is 9.59 Å². The van der Waals surface area contributed by atoms with Crippen molar-refractivity contribution in [3.05, 3.63) is 62.7 Å². The lowest BCUT2D eigenvalue weighted by Gasteiger charge is -2.30. The summed E-state index contributed by atoms with van der Waals surface area (Å²) in [6.45, 7) is 4.66. The van der Waals surface area contributed by atoms with Gasteiger partial charge in [-0.3, -0.25) is 9.59 Å². The average molecular weight is 543 g/mol. The van der Waals surface area contributed by atoms with Crippen molar-refractivity contribution >= 4 is 46.0 Å². The number of rotatable bonds is 11. The van der Waals surface area contributed by atoms with Gasteiger partial charge in [-0.1, -0.05) is 50.1 Å². The number of halogens is 2. The van der Waals surface area contributed by atoms with Gasteiger partial charge < -0.3 is 15.0 Å². The van der Waals surface area contributed by atoms with Crippen LogP contribution in [0.15, 0.2) is 48.5 Å². The fraction of sp³-hybridized carbons (Fsp3) is 0.391. The third-order valence-electron chi connectivity index (χ3n) is 4.69. The van der Waals surface area contributed by atoms with Gasteiger partial charge in [0.1, 0.15) is 11.8 Å². The third kappa shape index (κ3) is 7.47. The normalized spacial score (nSPS) is 11.6. The average Bonchev–Trinajstić information content (AvgIpc) is 2.74. The lowest BCUT2D eigenvalue weighted by molar-refractivity contribution is -0.143. The van der Waals surface area contributed by atoms with Crippen LogP contribution in [0.3, 0.4) is 0 Å². The molecule has 2 aromatic carbocycles. The lowest BCUT2D eigenvalue weighted by atomic mass is 10.1. The van der Waals surface area contributed by atoms with Gasteiger partial charge in [0.05, 0.1) is 0 Å². The molecule has 0 spiro atoms. The van der Waals surface area contributed by atoms with Crippen molar-refractivity contribution < 1.29 is 14.3 Å². The maximum Gasteiger partial charge on any atom is 0.261 e. The van der Waals surface area contributed by atoms with E-state index in [1.165, 1.54) is 0 Å². The number of hydrogen-bond acceptors (Lipinski definition) is 3. The Morgan fingerprint density at radius 2 is 1.83 bits per heavy atom. The molecule has 0 saturated heterocycles. The van der Waals surface area contributed by atoms with Crippen LogP contribution in [0.2, 0.25) is 5.02 Å². The van der Waals surface area contributed by atoms with E-state index in [-0.39, 0.29) is 25.0 Å². The van der Waals surface area contributed by atoms with Gasteiger partial charge in [0.25, 0.3) is 5.91 Å². The zero-order chi connectivity index (χ0) is 21.9. The first-order chi connectivity index (χ1) is 14.5. The van der Waals surface area contributed by atoms with Crippen LogP contribution in [0.25, 0.3) is 0 Å². The minimum Gasteiger partial charge on any atom is -0.484 e. The van der Waals surface area contributed by atoms with Crippen molar-refractivity contribution in [1.82, 2.24) is 10.2 Å². The van der Waals surface area contributed by atoms with Gasteiger partial charge in [-0.05, 0) is 71.3 Å². The smallest absolute Gasteiger partial charge is 0.261 e. The van der Waals surface area contributed by atoms with E-state index >= 15 is 0 Å². The Kier molecular flexibility index (Phi) is 10.4. The molecule has 0 heterocycles. The molecule has 0 aliphatic rings. The molecule has 1 atom stereocenters. The van der Waals surface area contributed by atoms with Gasteiger partial charge in [0, 0.05) is 21.7 Å². The molecule has 1 N–H and O–H groups in total. The minimum atomic E-state index is -0.592. The Balaban J connectivity index is 2.17. The summed E-state index contributed by atoms with van der Waals surface area (Å²) < 4.78 is 6.77. The molecule has 7 heteroatoms. The number of hydrogen-bond donors (Lipinski definition) is 1. The van der Waals surface area contributed by atoms with Gasteiger partial charge in [0.15, 0.2) is 6.61 Å². The number of amides is 2. The lowest BCUT2D eigenvalue weighted by Crippen LogP contribution is -2.50. The number of carbonyl (C=O) groups is 2. The molecule has 2 amide bonds. The Morgan fingerprint density at radius 3 is 2.47 bits per heavy atom. The Bertz CT molecular complexity index is 829.